The van der Waals surface area contributed by atoms with Crippen LogP contribution in [0.4, 0.5) is 24.0 Å². The molecule has 1 aromatic heterocycles. The summed E-state index contributed by atoms with van der Waals surface area (Å²) in [6.07, 6.45) is -3.07. The van der Waals surface area contributed by atoms with Gasteiger partial charge in [0.05, 0.1) is 16.9 Å². The maximum absolute atomic E-state index is 12.7. The van der Waals surface area contributed by atoms with E-state index in [1.165, 1.54) is 41.4 Å². The molecule has 2 aromatic carbocycles. The normalized spacial score (nSPS) is 14.9. The number of rotatable bonds is 4. The number of carbonyl (C=O) groups is 2. The summed E-state index contributed by atoms with van der Waals surface area (Å²) in [6, 6.07) is 13.1. The third kappa shape index (κ3) is 4.45. The average molecular weight is 457 g/mol. The zero-order valence-corrected chi connectivity index (χ0v) is 17.3. The van der Waals surface area contributed by atoms with Crippen LogP contribution in [-0.4, -0.2) is 22.8 Å². The Kier molecular flexibility index (Phi) is 5.62. The monoisotopic (exact) mass is 457 g/mol. The zero-order valence-electron chi connectivity index (χ0n) is 16.5. The zero-order chi connectivity index (χ0) is 22.9. The smallest absolute Gasteiger partial charge is 0.402 e. The van der Waals surface area contributed by atoms with Gasteiger partial charge in [0, 0.05) is 17.9 Å². The number of aromatic nitrogens is 1. The Hall–Kier alpha value is -3.79. The van der Waals surface area contributed by atoms with E-state index >= 15 is 0 Å². The van der Waals surface area contributed by atoms with Gasteiger partial charge in [-0.2, -0.15) is 13.2 Å². The minimum absolute atomic E-state index is 0.0502. The van der Waals surface area contributed by atoms with Crippen LogP contribution in [0.2, 0.25) is 0 Å². The molecular weight excluding hydrogens is 443 g/mol. The van der Waals surface area contributed by atoms with Crippen LogP contribution >= 0.6 is 11.3 Å². The Labute approximate surface area is 184 Å². The number of hydrogen-bond donors (Lipinski definition) is 0. The summed E-state index contributed by atoms with van der Waals surface area (Å²) < 4.78 is 43.3. The largest absolute Gasteiger partial charge is 0.416 e. The number of benzene rings is 2. The lowest BCUT2D eigenvalue weighted by Gasteiger charge is -2.17. The molecule has 1 aliphatic heterocycles. The number of para-hydroxylation sites is 1. The maximum atomic E-state index is 12.7. The highest BCUT2D eigenvalue weighted by atomic mass is 32.1. The molecule has 10 heteroatoms. The van der Waals surface area contributed by atoms with Gasteiger partial charge < -0.3 is 4.74 Å². The summed E-state index contributed by atoms with van der Waals surface area (Å²) in [5, 5.41) is 2.06. The van der Waals surface area contributed by atoms with Crippen LogP contribution in [0.1, 0.15) is 23.7 Å². The number of amides is 1. The lowest BCUT2D eigenvalue weighted by atomic mass is 10.1. The van der Waals surface area contributed by atoms with Gasteiger partial charge >= 0.3 is 12.1 Å². The number of ether oxygens (including phenoxy) is 1. The van der Waals surface area contributed by atoms with Crippen LogP contribution in [0.15, 0.2) is 70.7 Å². The summed E-state index contributed by atoms with van der Waals surface area (Å²) >= 11 is 1.21. The minimum atomic E-state index is -4.46. The molecule has 32 heavy (non-hydrogen) atoms. The number of thiazole rings is 1. The first-order valence-electron chi connectivity index (χ1n) is 9.24. The Morgan fingerprint density at radius 2 is 1.78 bits per heavy atom. The van der Waals surface area contributed by atoms with E-state index in [4.69, 9.17) is 4.74 Å². The van der Waals surface area contributed by atoms with E-state index < -0.39 is 17.7 Å². The summed E-state index contributed by atoms with van der Waals surface area (Å²) in [5.41, 5.74) is 0.407. The molecule has 0 atom stereocenters. The summed E-state index contributed by atoms with van der Waals surface area (Å²) in [6.45, 7) is 1.42. The first kappa shape index (κ1) is 21.4. The molecule has 1 amide bonds. The van der Waals surface area contributed by atoms with Crippen molar-refractivity contribution < 1.29 is 27.5 Å². The molecular formula is C22H14F3N3O3S. The molecule has 0 N–H and O–H groups in total. The summed E-state index contributed by atoms with van der Waals surface area (Å²) in [5.74, 6) is -1.08. The molecule has 6 nitrogen and oxygen atoms in total. The highest BCUT2D eigenvalue weighted by Crippen LogP contribution is 2.31. The van der Waals surface area contributed by atoms with Gasteiger partial charge in [-0.25, -0.2) is 14.8 Å². The number of aliphatic imine (C=N–C) groups is 1. The molecule has 0 saturated carbocycles. The van der Waals surface area contributed by atoms with E-state index in [1.807, 2.05) is 6.07 Å². The fourth-order valence-electron chi connectivity index (χ4n) is 2.92. The number of hydrogen-bond acceptors (Lipinski definition) is 6. The second-order valence-corrected chi connectivity index (χ2v) is 7.49. The van der Waals surface area contributed by atoms with E-state index in [2.05, 4.69) is 9.98 Å². The van der Waals surface area contributed by atoms with Crippen LogP contribution < -0.4 is 4.90 Å². The number of cyclic esters (lactones) is 1. The van der Waals surface area contributed by atoms with Crippen LogP contribution in [0.5, 0.6) is 0 Å². The van der Waals surface area contributed by atoms with Crippen LogP contribution in [-0.2, 0) is 20.5 Å². The summed E-state index contributed by atoms with van der Waals surface area (Å²) in [7, 11) is 0. The molecule has 2 heterocycles. The van der Waals surface area contributed by atoms with Crippen LogP contribution in [0, 0.1) is 0 Å². The second kappa shape index (κ2) is 8.39. The molecule has 162 valence electrons. The van der Waals surface area contributed by atoms with E-state index in [1.54, 1.807) is 29.6 Å². The Morgan fingerprint density at radius 1 is 1.09 bits per heavy atom. The van der Waals surface area contributed by atoms with Gasteiger partial charge in [-0.1, -0.05) is 18.2 Å². The van der Waals surface area contributed by atoms with Crippen LogP contribution in [0.25, 0.3) is 6.08 Å². The maximum Gasteiger partial charge on any atom is 0.416 e. The third-order valence-corrected chi connectivity index (χ3v) is 5.24. The summed E-state index contributed by atoms with van der Waals surface area (Å²) in [4.78, 5) is 34.2. The average Bonchev–Trinajstić information content (AvgIpc) is 3.35. The Morgan fingerprint density at radius 3 is 2.41 bits per heavy atom. The first-order valence-corrected chi connectivity index (χ1v) is 10.1. The highest BCUT2D eigenvalue weighted by Gasteiger charge is 2.31. The van der Waals surface area contributed by atoms with E-state index in [0.717, 1.165) is 12.1 Å². The van der Waals surface area contributed by atoms with Gasteiger partial charge in [-0.05, 0) is 42.5 Å². The van der Waals surface area contributed by atoms with Crippen molar-refractivity contribution in [3.05, 3.63) is 82.5 Å². The third-order valence-electron chi connectivity index (χ3n) is 4.39. The van der Waals surface area contributed by atoms with Crippen molar-refractivity contribution in [1.82, 2.24) is 4.98 Å². The molecule has 4 rings (SSSR count). The van der Waals surface area contributed by atoms with Crippen molar-refractivity contribution >= 4 is 46.0 Å². The van der Waals surface area contributed by atoms with Crippen molar-refractivity contribution in [1.29, 1.82) is 0 Å². The quantitative estimate of drug-likeness (QED) is 0.399. The molecule has 0 radical (unpaired) electrons. The van der Waals surface area contributed by atoms with Gasteiger partial charge in [0.2, 0.25) is 11.8 Å². The standard InChI is InChI=1S/C22H14F3N3O3S/c1-13(29)28(17-5-3-2-4-6-17)21-26-16(12-32-21)11-18-20(30)31-19(27-18)14-7-9-15(10-8-14)22(23,24)25/h2-12H,1H3/b18-11-. The highest BCUT2D eigenvalue weighted by molar-refractivity contribution is 7.14. The van der Waals surface area contributed by atoms with Crippen LogP contribution in [0.3, 0.4) is 0 Å². The molecule has 0 spiro atoms. The molecule has 0 unspecified atom stereocenters. The molecule has 0 saturated heterocycles. The van der Waals surface area contributed by atoms with Crippen molar-refractivity contribution in [3.63, 3.8) is 0 Å². The molecule has 0 fully saturated rings. The van der Waals surface area contributed by atoms with E-state index in [-0.39, 0.29) is 23.1 Å². The van der Waals surface area contributed by atoms with Gasteiger partial charge in [-0.3, -0.25) is 9.69 Å². The predicted octanol–water partition coefficient (Wildman–Crippen LogP) is 5.19. The molecule has 0 bridgehead atoms. The number of carbonyl (C=O) groups excluding carboxylic acids is 2. The lowest BCUT2D eigenvalue weighted by Crippen LogP contribution is -2.22. The van der Waals surface area contributed by atoms with Crippen molar-refractivity contribution in [3.8, 4) is 0 Å². The van der Waals surface area contributed by atoms with Crippen molar-refractivity contribution in [2.45, 2.75) is 13.1 Å². The van der Waals surface area contributed by atoms with Gasteiger partial charge in [0.15, 0.2) is 10.8 Å². The topological polar surface area (TPSA) is 71.9 Å². The minimum Gasteiger partial charge on any atom is -0.402 e. The first-order chi connectivity index (χ1) is 15.2. The molecule has 0 aliphatic carbocycles. The van der Waals surface area contributed by atoms with Crippen molar-refractivity contribution in [2.75, 3.05) is 4.90 Å². The molecule has 3 aromatic rings. The SMILES string of the molecule is CC(=O)N(c1ccccc1)c1nc(/C=C2\N=C(c3ccc(C(F)(F)F)cc3)OC2=O)cs1. The number of alkyl halides is 3. The fourth-order valence-corrected chi connectivity index (χ4v) is 3.77. The number of halogens is 3. The number of esters is 1. The second-order valence-electron chi connectivity index (χ2n) is 6.66. The number of nitrogens with zero attached hydrogens (tertiary/aromatic N) is 3. The fraction of sp³-hybridized carbons (Fsp3) is 0.0909. The van der Waals surface area contributed by atoms with Crippen molar-refractivity contribution in [2.24, 2.45) is 4.99 Å². The Bertz CT molecular complexity index is 1230. The predicted molar refractivity (Wildman–Crippen MR) is 113 cm³/mol. The van der Waals surface area contributed by atoms with E-state index in [9.17, 15) is 22.8 Å². The molecule has 1 aliphatic rings. The Balaban J connectivity index is 1.59. The number of anilines is 2. The lowest BCUT2D eigenvalue weighted by molar-refractivity contribution is -0.137. The van der Waals surface area contributed by atoms with Gasteiger partial charge in [0.25, 0.3) is 0 Å². The van der Waals surface area contributed by atoms with Gasteiger partial charge in [-0.15, -0.1) is 11.3 Å². The van der Waals surface area contributed by atoms with E-state index in [0.29, 0.717) is 16.5 Å². The van der Waals surface area contributed by atoms with Gasteiger partial charge in [0.1, 0.15) is 0 Å².